The lowest BCUT2D eigenvalue weighted by Gasteiger charge is -1.98. The van der Waals surface area contributed by atoms with Crippen molar-refractivity contribution in [2.24, 2.45) is 5.11 Å². The highest BCUT2D eigenvalue weighted by Crippen LogP contribution is 2.03. The molecule has 0 N–H and O–H groups in total. The molecular formula is C8H9N2-. The van der Waals surface area contributed by atoms with Crippen molar-refractivity contribution in [2.45, 2.75) is 13.5 Å². The Balaban J connectivity index is 2.78. The summed E-state index contributed by atoms with van der Waals surface area (Å²) in [5.74, 6) is 0. The average Bonchev–Trinajstić information content (AvgIpc) is 1.95. The van der Waals surface area contributed by atoms with Gasteiger partial charge in [0, 0.05) is 6.54 Å². The van der Waals surface area contributed by atoms with Gasteiger partial charge in [-0.25, -0.2) is 0 Å². The van der Waals surface area contributed by atoms with Crippen LogP contribution in [0, 0.1) is 6.92 Å². The molecule has 0 amide bonds. The van der Waals surface area contributed by atoms with Gasteiger partial charge in [0.05, 0.1) is 0 Å². The highest BCUT2D eigenvalue weighted by Gasteiger charge is 1.85. The van der Waals surface area contributed by atoms with Crippen LogP contribution in [0.15, 0.2) is 29.4 Å². The summed E-state index contributed by atoms with van der Waals surface area (Å²) >= 11 is 0. The van der Waals surface area contributed by atoms with Crippen LogP contribution in [-0.4, -0.2) is 0 Å². The first-order valence-electron chi connectivity index (χ1n) is 3.19. The Kier molecular flexibility index (Phi) is 2.15. The summed E-state index contributed by atoms with van der Waals surface area (Å²) in [5, 5.41) is 3.04. The Hall–Kier alpha value is -1.18. The van der Waals surface area contributed by atoms with Gasteiger partial charge in [-0.3, -0.25) is 0 Å². The SMILES string of the molecule is Cc1ccc(CN=[N-])cc1. The molecule has 2 heteroatoms. The summed E-state index contributed by atoms with van der Waals surface area (Å²) in [4.78, 5) is 0. The number of hydrogen-bond acceptors (Lipinski definition) is 1. The predicted octanol–water partition coefficient (Wildman–Crippen LogP) is 2.52. The molecule has 0 fully saturated rings. The van der Waals surface area contributed by atoms with Gasteiger partial charge < -0.3 is 10.6 Å². The van der Waals surface area contributed by atoms with E-state index in [4.69, 9.17) is 5.53 Å². The maximum Gasteiger partial charge on any atom is 0.0402 e. The summed E-state index contributed by atoms with van der Waals surface area (Å²) in [6.45, 7) is 2.42. The van der Waals surface area contributed by atoms with Crippen molar-refractivity contribution in [3.05, 3.63) is 40.9 Å². The van der Waals surface area contributed by atoms with Crippen molar-refractivity contribution in [3.8, 4) is 0 Å². The topological polar surface area (TPSA) is 34.7 Å². The largest absolute Gasteiger partial charge is 0.712 e. The van der Waals surface area contributed by atoms with Gasteiger partial charge in [0.2, 0.25) is 0 Å². The van der Waals surface area contributed by atoms with Gasteiger partial charge in [-0.15, -0.1) is 0 Å². The van der Waals surface area contributed by atoms with Gasteiger partial charge in [0.25, 0.3) is 0 Å². The monoisotopic (exact) mass is 133 g/mol. The van der Waals surface area contributed by atoms with E-state index in [1.807, 2.05) is 31.2 Å². The maximum absolute atomic E-state index is 8.21. The average molecular weight is 133 g/mol. The Morgan fingerprint density at radius 3 is 2.40 bits per heavy atom. The first-order chi connectivity index (χ1) is 4.83. The van der Waals surface area contributed by atoms with Crippen molar-refractivity contribution in [2.75, 3.05) is 0 Å². The zero-order valence-electron chi connectivity index (χ0n) is 5.91. The van der Waals surface area contributed by atoms with E-state index >= 15 is 0 Å². The Bertz CT molecular complexity index is 213. The second kappa shape index (κ2) is 3.11. The van der Waals surface area contributed by atoms with Crippen LogP contribution in [0.25, 0.3) is 5.53 Å². The van der Waals surface area contributed by atoms with Crippen LogP contribution < -0.4 is 0 Å². The van der Waals surface area contributed by atoms with Crippen molar-refractivity contribution in [1.82, 2.24) is 0 Å². The summed E-state index contributed by atoms with van der Waals surface area (Å²) < 4.78 is 0. The molecule has 0 spiro atoms. The molecule has 0 unspecified atom stereocenters. The molecule has 0 aromatic heterocycles. The van der Waals surface area contributed by atoms with Gasteiger partial charge in [-0.2, -0.15) is 0 Å². The standard InChI is InChI=1S/C8H9N2/c1-7-2-4-8(5-3-7)6-10-9/h2-5H,6H2,1H3/q-1. The first-order valence-corrected chi connectivity index (χ1v) is 3.19. The van der Waals surface area contributed by atoms with E-state index in [-0.39, 0.29) is 0 Å². The van der Waals surface area contributed by atoms with Gasteiger partial charge in [-0.1, -0.05) is 29.8 Å². The van der Waals surface area contributed by atoms with Gasteiger partial charge in [-0.05, 0) is 12.5 Å². The fraction of sp³-hybridized carbons (Fsp3) is 0.250. The van der Waals surface area contributed by atoms with E-state index in [2.05, 4.69) is 5.11 Å². The minimum atomic E-state index is 0.389. The van der Waals surface area contributed by atoms with Crippen LogP contribution >= 0.6 is 0 Å². The van der Waals surface area contributed by atoms with E-state index < -0.39 is 0 Å². The Morgan fingerprint density at radius 1 is 1.30 bits per heavy atom. The molecule has 10 heavy (non-hydrogen) atoms. The summed E-state index contributed by atoms with van der Waals surface area (Å²) in [7, 11) is 0. The molecule has 1 aromatic carbocycles. The molecular weight excluding hydrogens is 124 g/mol. The highest BCUT2D eigenvalue weighted by molar-refractivity contribution is 5.20. The fourth-order valence-corrected chi connectivity index (χ4v) is 0.775. The third-order valence-corrected chi connectivity index (χ3v) is 1.37. The summed E-state index contributed by atoms with van der Waals surface area (Å²) in [6.07, 6.45) is 0. The van der Waals surface area contributed by atoms with E-state index in [0.29, 0.717) is 6.54 Å². The summed E-state index contributed by atoms with van der Waals surface area (Å²) in [6, 6.07) is 7.91. The molecule has 0 atom stereocenters. The molecule has 0 aliphatic heterocycles. The highest BCUT2D eigenvalue weighted by atomic mass is 14.9. The third-order valence-electron chi connectivity index (χ3n) is 1.37. The zero-order valence-corrected chi connectivity index (χ0v) is 5.91. The molecule has 0 radical (unpaired) electrons. The number of hydrogen-bond donors (Lipinski definition) is 0. The Morgan fingerprint density at radius 2 is 1.90 bits per heavy atom. The molecule has 0 aliphatic carbocycles. The van der Waals surface area contributed by atoms with Crippen molar-refractivity contribution in [1.29, 1.82) is 0 Å². The molecule has 0 heterocycles. The van der Waals surface area contributed by atoms with Crippen molar-refractivity contribution < 1.29 is 0 Å². The number of rotatable bonds is 2. The smallest absolute Gasteiger partial charge is 0.0402 e. The second-order valence-corrected chi connectivity index (χ2v) is 2.29. The molecule has 52 valence electrons. The first kappa shape index (κ1) is 6.93. The van der Waals surface area contributed by atoms with Crippen LogP contribution in [0.1, 0.15) is 11.1 Å². The summed E-state index contributed by atoms with van der Waals surface area (Å²) in [5.41, 5.74) is 10.5. The lowest BCUT2D eigenvalue weighted by Crippen LogP contribution is -1.78. The van der Waals surface area contributed by atoms with Crippen LogP contribution in [0.2, 0.25) is 0 Å². The normalized spacial score (nSPS) is 9.30. The van der Waals surface area contributed by atoms with Crippen LogP contribution in [0.5, 0.6) is 0 Å². The van der Waals surface area contributed by atoms with E-state index in [9.17, 15) is 0 Å². The Labute approximate surface area is 60.4 Å². The molecule has 2 nitrogen and oxygen atoms in total. The van der Waals surface area contributed by atoms with Crippen molar-refractivity contribution in [3.63, 3.8) is 0 Å². The fourth-order valence-electron chi connectivity index (χ4n) is 0.775. The quantitative estimate of drug-likeness (QED) is 0.555. The minimum Gasteiger partial charge on any atom is -0.712 e. The number of benzene rings is 1. The second-order valence-electron chi connectivity index (χ2n) is 2.29. The van der Waals surface area contributed by atoms with Crippen LogP contribution in [0.3, 0.4) is 0 Å². The van der Waals surface area contributed by atoms with Gasteiger partial charge in [0.15, 0.2) is 0 Å². The van der Waals surface area contributed by atoms with E-state index in [1.54, 1.807) is 0 Å². The lowest BCUT2D eigenvalue weighted by molar-refractivity contribution is 1.05. The lowest BCUT2D eigenvalue weighted by atomic mass is 10.2. The predicted molar refractivity (Wildman–Crippen MR) is 40.7 cm³/mol. The number of nitrogens with zero attached hydrogens (tertiary/aromatic N) is 2. The zero-order chi connectivity index (χ0) is 7.40. The third kappa shape index (κ3) is 1.65. The van der Waals surface area contributed by atoms with Crippen LogP contribution in [0.4, 0.5) is 0 Å². The molecule has 0 saturated carbocycles. The van der Waals surface area contributed by atoms with E-state index in [1.165, 1.54) is 5.56 Å². The molecule has 1 aromatic rings. The number of aryl methyl sites for hydroxylation is 1. The van der Waals surface area contributed by atoms with Crippen molar-refractivity contribution >= 4 is 0 Å². The van der Waals surface area contributed by atoms with Gasteiger partial charge in [0.1, 0.15) is 0 Å². The van der Waals surface area contributed by atoms with Gasteiger partial charge >= 0.3 is 0 Å². The van der Waals surface area contributed by atoms with Crippen LogP contribution in [-0.2, 0) is 6.54 Å². The molecule has 0 bridgehead atoms. The molecule has 1 rings (SSSR count). The minimum absolute atomic E-state index is 0.389. The molecule has 0 aliphatic rings. The maximum atomic E-state index is 8.21. The molecule has 0 saturated heterocycles. The van der Waals surface area contributed by atoms with E-state index in [0.717, 1.165) is 5.56 Å².